The zero-order chi connectivity index (χ0) is 22.6. The van der Waals surface area contributed by atoms with Gasteiger partial charge in [0.1, 0.15) is 0 Å². The number of ether oxygens (including phenoxy) is 1. The molecular weight excluding hydrogens is 457 g/mol. The van der Waals surface area contributed by atoms with Crippen LogP contribution in [0, 0.1) is 11.7 Å². The maximum Gasteiger partial charge on any atom is 0.413 e. The van der Waals surface area contributed by atoms with E-state index in [4.69, 9.17) is 16.3 Å². The first-order valence-electron chi connectivity index (χ1n) is 9.88. The molecule has 1 amide bonds. The Hall–Kier alpha value is -2.82. The zero-order valence-electron chi connectivity index (χ0n) is 17.2. The van der Waals surface area contributed by atoms with E-state index in [1.54, 1.807) is 41.4 Å². The molecule has 1 aliphatic heterocycles. The molecule has 0 saturated carbocycles. The number of carbonyl (C=O) groups is 1. The number of amides is 1. The Kier molecular flexibility index (Phi) is 5.23. The molecule has 4 heterocycles. The molecule has 5 rings (SSSR count). The van der Waals surface area contributed by atoms with Crippen LogP contribution < -0.4 is 4.90 Å². The van der Waals surface area contributed by atoms with Gasteiger partial charge in [-0.15, -0.1) is 16.9 Å². The molecule has 2 N–H and O–H groups in total. The molecule has 0 radical (unpaired) electrons. The zero-order valence-corrected chi connectivity index (χ0v) is 18.7. The summed E-state index contributed by atoms with van der Waals surface area (Å²) < 4.78 is 22.0. The number of nitrogens with one attached hydrogen (secondary N) is 1. The summed E-state index contributed by atoms with van der Waals surface area (Å²) in [6, 6.07) is 4.94. The third-order valence-corrected chi connectivity index (χ3v) is 6.95. The number of thioether (sulfide) groups is 1. The summed E-state index contributed by atoms with van der Waals surface area (Å²) in [4.78, 5) is 13.7. The summed E-state index contributed by atoms with van der Waals surface area (Å²) >= 11 is 7.70. The van der Waals surface area contributed by atoms with Crippen LogP contribution in [0.1, 0.15) is 6.92 Å². The lowest BCUT2D eigenvalue weighted by Crippen LogP contribution is -2.43. The summed E-state index contributed by atoms with van der Waals surface area (Å²) in [6.45, 7) is 2.77. The Morgan fingerprint density at radius 3 is 2.94 bits per heavy atom. The number of benzene rings is 1. The number of aromatic amines is 1. The van der Waals surface area contributed by atoms with E-state index in [-0.39, 0.29) is 17.0 Å². The second kappa shape index (κ2) is 7.95. The first-order chi connectivity index (χ1) is 15.4. The molecule has 0 aliphatic carbocycles. The molecule has 8 nitrogen and oxygen atoms in total. The van der Waals surface area contributed by atoms with E-state index >= 15 is 0 Å². The number of nitrogens with zero attached hydrogens (tertiary/aromatic N) is 4. The number of hydrogen-bond donors (Lipinski definition) is 2. The maximum atomic E-state index is 15.0. The fourth-order valence-corrected chi connectivity index (χ4v) is 5.21. The third-order valence-electron chi connectivity index (χ3n) is 5.80. The maximum absolute atomic E-state index is 15.0. The molecule has 2 atom stereocenters. The largest absolute Gasteiger partial charge is 0.465 e. The Balaban J connectivity index is 1.64. The van der Waals surface area contributed by atoms with Crippen LogP contribution in [0.4, 0.5) is 15.0 Å². The smallest absolute Gasteiger partial charge is 0.413 e. The Bertz CT molecular complexity index is 1360. The SMILES string of the molecule is CSc1c(F)c(Cl)c(-c2ccn3nc(N(C(=O)O)[C@@H]4COC[C@@H]4C)cc3c2)c2cn[nH]c12. The summed E-state index contributed by atoms with van der Waals surface area (Å²) in [5.41, 5.74) is 2.42. The van der Waals surface area contributed by atoms with Gasteiger partial charge in [0.05, 0.1) is 46.4 Å². The van der Waals surface area contributed by atoms with Gasteiger partial charge in [-0.3, -0.25) is 10.00 Å². The lowest BCUT2D eigenvalue weighted by Gasteiger charge is -2.25. The van der Waals surface area contributed by atoms with E-state index in [2.05, 4.69) is 15.3 Å². The summed E-state index contributed by atoms with van der Waals surface area (Å²) in [5, 5.41) is 21.9. The first-order valence-corrected chi connectivity index (χ1v) is 11.5. The molecule has 1 aromatic carbocycles. The number of aromatic nitrogens is 4. The number of anilines is 1. The second-order valence-corrected chi connectivity index (χ2v) is 8.91. The molecule has 32 heavy (non-hydrogen) atoms. The molecule has 0 spiro atoms. The third kappa shape index (κ3) is 3.21. The number of H-pyrrole nitrogens is 1. The van der Waals surface area contributed by atoms with E-state index in [1.165, 1.54) is 16.7 Å². The summed E-state index contributed by atoms with van der Waals surface area (Å²) in [5.74, 6) is -0.148. The fourth-order valence-electron chi connectivity index (χ4n) is 4.20. The van der Waals surface area contributed by atoms with Crippen LogP contribution in [-0.4, -0.2) is 56.5 Å². The number of fused-ring (bicyclic) bond motifs is 2. The molecule has 1 saturated heterocycles. The van der Waals surface area contributed by atoms with Crippen molar-refractivity contribution in [1.29, 1.82) is 0 Å². The number of carboxylic acid groups (broad SMARTS) is 1. The Morgan fingerprint density at radius 1 is 1.44 bits per heavy atom. The van der Waals surface area contributed by atoms with E-state index in [1.807, 2.05) is 6.92 Å². The number of halogens is 2. The van der Waals surface area contributed by atoms with Crippen molar-refractivity contribution in [2.45, 2.75) is 17.9 Å². The van der Waals surface area contributed by atoms with E-state index in [9.17, 15) is 14.3 Å². The highest BCUT2D eigenvalue weighted by Gasteiger charge is 2.35. The summed E-state index contributed by atoms with van der Waals surface area (Å²) in [6.07, 6.45) is 4.01. The lowest BCUT2D eigenvalue weighted by atomic mass is 10.0. The van der Waals surface area contributed by atoms with Crippen LogP contribution in [0.15, 0.2) is 35.5 Å². The number of pyridine rings is 1. The molecule has 0 unspecified atom stereocenters. The van der Waals surface area contributed by atoms with Crippen molar-refractivity contribution in [2.24, 2.45) is 5.92 Å². The van der Waals surface area contributed by atoms with Crippen LogP contribution in [0.3, 0.4) is 0 Å². The highest BCUT2D eigenvalue weighted by Crippen LogP contribution is 2.42. The lowest BCUT2D eigenvalue weighted by molar-refractivity contribution is 0.181. The minimum atomic E-state index is -1.09. The van der Waals surface area contributed by atoms with Gasteiger partial charge in [-0.25, -0.2) is 13.7 Å². The van der Waals surface area contributed by atoms with Gasteiger partial charge in [0, 0.05) is 29.1 Å². The standard InChI is InChI=1S/C21H19ClFN5O3S/c1-10-8-31-9-14(10)28(21(29)30)15-6-12-5-11(3-4-27(12)26-15)16-13-7-24-25-19(13)20(32-2)18(23)17(16)22/h3-7,10,14H,8-9H2,1-2H3,(H,24,25)(H,29,30)/t10-,14+/m0/s1. The van der Waals surface area contributed by atoms with Gasteiger partial charge in [-0.1, -0.05) is 18.5 Å². The normalized spacial score (nSPS) is 18.6. The van der Waals surface area contributed by atoms with Crippen molar-refractivity contribution in [3.8, 4) is 11.1 Å². The van der Waals surface area contributed by atoms with Gasteiger partial charge >= 0.3 is 6.09 Å². The van der Waals surface area contributed by atoms with Crippen molar-refractivity contribution in [3.05, 3.63) is 41.4 Å². The minimum absolute atomic E-state index is 0.0106. The van der Waals surface area contributed by atoms with Crippen molar-refractivity contribution in [2.75, 3.05) is 24.4 Å². The predicted molar refractivity (Wildman–Crippen MR) is 121 cm³/mol. The van der Waals surface area contributed by atoms with Crippen LogP contribution in [0.5, 0.6) is 0 Å². The highest BCUT2D eigenvalue weighted by molar-refractivity contribution is 7.98. The van der Waals surface area contributed by atoms with Gasteiger partial charge in [0.2, 0.25) is 0 Å². The fraction of sp³-hybridized carbons (Fsp3) is 0.286. The van der Waals surface area contributed by atoms with Crippen molar-refractivity contribution in [3.63, 3.8) is 0 Å². The molecule has 166 valence electrons. The monoisotopic (exact) mass is 475 g/mol. The quantitative estimate of drug-likeness (QED) is 0.407. The van der Waals surface area contributed by atoms with Crippen molar-refractivity contribution < 1.29 is 19.0 Å². The van der Waals surface area contributed by atoms with E-state index in [0.29, 0.717) is 51.5 Å². The molecule has 4 aromatic rings. The predicted octanol–water partition coefficient (Wildman–Crippen LogP) is 4.91. The van der Waals surface area contributed by atoms with Crippen LogP contribution in [0.2, 0.25) is 5.02 Å². The number of rotatable bonds is 4. The van der Waals surface area contributed by atoms with Crippen molar-refractivity contribution >= 4 is 51.7 Å². The average Bonchev–Trinajstić information content (AvgIpc) is 3.49. The minimum Gasteiger partial charge on any atom is -0.465 e. The highest BCUT2D eigenvalue weighted by atomic mass is 35.5. The molecule has 1 fully saturated rings. The summed E-state index contributed by atoms with van der Waals surface area (Å²) in [7, 11) is 0. The Morgan fingerprint density at radius 2 is 2.25 bits per heavy atom. The van der Waals surface area contributed by atoms with Gasteiger partial charge < -0.3 is 9.84 Å². The molecule has 3 aromatic heterocycles. The molecule has 11 heteroatoms. The van der Waals surface area contributed by atoms with E-state index < -0.39 is 11.9 Å². The van der Waals surface area contributed by atoms with Gasteiger partial charge in [0.15, 0.2) is 11.6 Å². The van der Waals surface area contributed by atoms with Gasteiger partial charge in [0.25, 0.3) is 0 Å². The number of hydrogen-bond acceptors (Lipinski definition) is 5. The average molecular weight is 476 g/mol. The van der Waals surface area contributed by atoms with Gasteiger partial charge in [-0.05, 0) is 24.0 Å². The molecule has 0 bridgehead atoms. The van der Waals surface area contributed by atoms with Crippen molar-refractivity contribution in [1.82, 2.24) is 19.8 Å². The topological polar surface area (TPSA) is 95.8 Å². The first kappa shape index (κ1) is 21.0. The second-order valence-electron chi connectivity index (χ2n) is 7.72. The Labute approximate surface area is 191 Å². The van der Waals surface area contributed by atoms with Crippen LogP contribution in [-0.2, 0) is 4.74 Å². The van der Waals surface area contributed by atoms with Crippen LogP contribution >= 0.6 is 23.4 Å². The molecule has 1 aliphatic rings. The van der Waals surface area contributed by atoms with Crippen LogP contribution in [0.25, 0.3) is 27.5 Å². The van der Waals surface area contributed by atoms with E-state index in [0.717, 1.165) is 0 Å². The van der Waals surface area contributed by atoms with Gasteiger partial charge in [-0.2, -0.15) is 5.10 Å². The molecular formula is C21H19ClFN5O3S.